The fraction of sp³-hybridized carbons (Fsp3) is 0.556. The van der Waals surface area contributed by atoms with Crippen LogP contribution < -0.4 is 11.2 Å². The van der Waals surface area contributed by atoms with Gasteiger partial charge in [-0.3, -0.25) is 18.6 Å². The fourth-order valence-electron chi connectivity index (χ4n) is 3.48. The Morgan fingerprint density at radius 3 is 2.27 bits per heavy atom. The lowest BCUT2D eigenvalue weighted by molar-refractivity contribution is -0.119. The first-order valence-corrected chi connectivity index (χ1v) is 8.84. The third kappa shape index (κ3) is 2.21. The minimum Gasteiger partial charge on any atom is -0.311 e. The first-order valence-electron chi connectivity index (χ1n) is 8.84. The Morgan fingerprint density at radius 1 is 1.12 bits per heavy atom. The highest BCUT2D eigenvalue weighted by Crippen LogP contribution is 2.25. The quantitative estimate of drug-likeness (QED) is 0.712. The zero-order valence-corrected chi connectivity index (χ0v) is 16.3. The first kappa shape index (κ1) is 18.2. The summed E-state index contributed by atoms with van der Waals surface area (Å²) in [6.45, 7) is 11.1. The summed E-state index contributed by atoms with van der Waals surface area (Å²) < 4.78 is 6.27. The Balaban J connectivity index is 2.58. The van der Waals surface area contributed by atoms with E-state index in [4.69, 9.17) is 0 Å². The highest BCUT2D eigenvalue weighted by atomic mass is 16.2. The molecular formula is C18H25N5O3. The lowest BCUT2D eigenvalue weighted by Crippen LogP contribution is -2.42. The molecule has 8 nitrogen and oxygen atoms in total. The minimum absolute atomic E-state index is 0.207. The van der Waals surface area contributed by atoms with Gasteiger partial charge in [-0.2, -0.15) is 4.98 Å². The maximum Gasteiger partial charge on any atom is 0.333 e. The Kier molecular flexibility index (Phi) is 4.17. The summed E-state index contributed by atoms with van der Waals surface area (Å²) >= 11 is 0. The number of aryl methyl sites for hydroxylation is 2. The Labute approximate surface area is 150 Å². The SMILES string of the molecule is CCC(C)n1c(C)c(C)n2c3c(=O)n(C(C)C(C)=O)c(=O)n(C)c3nc12. The molecule has 0 aromatic carbocycles. The van der Waals surface area contributed by atoms with E-state index in [1.165, 1.54) is 11.5 Å². The molecule has 0 saturated heterocycles. The van der Waals surface area contributed by atoms with Gasteiger partial charge in [0.25, 0.3) is 5.56 Å². The number of carbonyl (C=O) groups is 1. The molecule has 0 aliphatic rings. The number of nitrogens with zero attached hydrogens (tertiary/aromatic N) is 5. The van der Waals surface area contributed by atoms with Crippen molar-refractivity contribution in [1.29, 1.82) is 0 Å². The molecule has 3 aromatic rings. The molecule has 0 N–H and O–H groups in total. The highest BCUT2D eigenvalue weighted by molar-refractivity contribution is 5.81. The zero-order valence-electron chi connectivity index (χ0n) is 16.3. The van der Waals surface area contributed by atoms with Crippen molar-refractivity contribution < 1.29 is 4.79 Å². The Morgan fingerprint density at radius 2 is 1.73 bits per heavy atom. The van der Waals surface area contributed by atoms with Crippen molar-refractivity contribution >= 4 is 22.7 Å². The smallest absolute Gasteiger partial charge is 0.311 e. The molecule has 0 amide bonds. The number of aromatic nitrogens is 5. The van der Waals surface area contributed by atoms with E-state index in [1.54, 1.807) is 14.0 Å². The summed E-state index contributed by atoms with van der Waals surface area (Å²) in [5, 5.41) is 0. The third-order valence-corrected chi connectivity index (χ3v) is 5.52. The van der Waals surface area contributed by atoms with Crippen molar-refractivity contribution in [3.63, 3.8) is 0 Å². The molecule has 8 heteroatoms. The van der Waals surface area contributed by atoms with Crippen LogP contribution in [0.2, 0.25) is 0 Å². The number of hydrogen-bond donors (Lipinski definition) is 0. The summed E-state index contributed by atoms with van der Waals surface area (Å²) in [5.74, 6) is 0.402. The van der Waals surface area contributed by atoms with Crippen LogP contribution >= 0.6 is 0 Å². The second-order valence-electron chi connectivity index (χ2n) is 7.02. The van der Waals surface area contributed by atoms with E-state index in [-0.39, 0.29) is 11.8 Å². The van der Waals surface area contributed by atoms with Crippen molar-refractivity contribution in [2.24, 2.45) is 7.05 Å². The summed E-state index contributed by atoms with van der Waals surface area (Å²) in [6.07, 6.45) is 0.915. The third-order valence-electron chi connectivity index (χ3n) is 5.52. The van der Waals surface area contributed by atoms with Gasteiger partial charge < -0.3 is 4.57 Å². The zero-order chi connectivity index (χ0) is 19.5. The van der Waals surface area contributed by atoms with Gasteiger partial charge in [-0.25, -0.2) is 9.36 Å². The second kappa shape index (κ2) is 5.96. The normalized spacial score (nSPS) is 14.3. The van der Waals surface area contributed by atoms with Crippen LogP contribution in [-0.4, -0.2) is 28.9 Å². The molecule has 0 radical (unpaired) electrons. The summed E-state index contributed by atoms with van der Waals surface area (Å²) in [4.78, 5) is 42.3. The van der Waals surface area contributed by atoms with E-state index in [9.17, 15) is 14.4 Å². The molecule has 3 rings (SSSR count). The van der Waals surface area contributed by atoms with Crippen LogP contribution in [-0.2, 0) is 11.8 Å². The van der Waals surface area contributed by atoms with Crippen LogP contribution in [0.15, 0.2) is 9.59 Å². The number of imidazole rings is 2. The predicted molar refractivity (Wildman–Crippen MR) is 100 cm³/mol. The van der Waals surface area contributed by atoms with E-state index < -0.39 is 17.3 Å². The van der Waals surface area contributed by atoms with Crippen molar-refractivity contribution in [2.45, 2.75) is 60.0 Å². The Bertz CT molecular complexity index is 1160. The summed E-state index contributed by atoms with van der Waals surface area (Å²) in [6, 6.07) is -0.618. The fourth-order valence-corrected chi connectivity index (χ4v) is 3.48. The molecule has 0 spiro atoms. The summed E-state index contributed by atoms with van der Waals surface area (Å²) in [7, 11) is 1.58. The van der Waals surface area contributed by atoms with Crippen molar-refractivity contribution in [3.8, 4) is 0 Å². The molecular weight excluding hydrogens is 334 g/mol. The van der Waals surface area contributed by atoms with E-state index >= 15 is 0 Å². The van der Waals surface area contributed by atoms with Crippen LogP contribution in [0.1, 0.15) is 57.6 Å². The predicted octanol–water partition coefficient (Wildman–Crippen LogP) is 1.89. The first-order chi connectivity index (χ1) is 12.1. The van der Waals surface area contributed by atoms with E-state index in [0.717, 1.165) is 22.4 Å². The van der Waals surface area contributed by atoms with Gasteiger partial charge in [0.15, 0.2) is 16.9 Å². The molecule has 0 bridgehead atoms. The highest BCUT2D eigenvalue weighted by Gasteiger charge is 2.26. The average molecular weight is 359 g/mol. The average Bonchev–Trinajstić information content (AvgIpc) is 3.08. The van der Waals surface area contributed by atoms with Gasteiger partial charge in [-0.1, -0.05) is 6.92 Å². The largest absolute Gasteiger partial charge is 0.333 e. The maximum atomic E-state index is 13.2. The minimum atomic E-state index is -0.825. The van der Waals surface area contributed by atoms with Crippen LogP contribution in [0.3, 0.4) is 0 Å². The van der Waals surface area contributed by atoms with E-state index in [1.807, 2.05) is 18.2 Å². The molecule has 3 aromatic heterocycles. The molecule has 3 heterocycles. The van der Waals surface area contributed by atoms with Gasteiger partial charge in [-0.05, 0) is 41.0 Å². The van der Waals surface area contributed by atoms with Crippen molar-refractivity contribution in [3.05, 3.63) is 32.2 Å². The van der Waals surface area contributed by atoms with Gasteiger partial charge in [-0.15, -0.1) is 0 Å². The lowest BCUT2D eigenvalue weighted by atomic mass is 10.2. The topological polar surface area (TPSA) is 83.3 Å². The van der Waals surface area contributed by atoms with Gasteiger partial charge in [0.1, 0.15) is 0 Å². The van der Waals surface area contributed by atoms with Gasteiger partial charge >= 0.3 is 5.69 Å². The standard InChI is InChI=1S/C18H25N5O3/c1-8-9(2)21-10(3)11(4)22-14-15(19-17(21)22)20(7)18(26)23(16(14)25)12(5)13(6)24/h9,12H,8H2,1-7H3. The number of carbonyl (C=O) groups excluding carboxylic acids is 1. The molecule has 0 aliphatic carbocycles. The van der Waals surface area contributed by atoms with Gasteiger partial charge in [0.2, 0.25) is 5.78 Å². The number of Topliss-reactive ketones (excluding diaryl/α,β-unsaturated/α-hetero) is 1. The van der Waals surface area contributed by atoms with Gasteiger partial charge in [0.05, 0.1) is 6.04 Å². The van der Waals surface area contributed by atoms with Crippen molar-refractivity contribution in [1.82, 2.24) is 23.1 Å². The van der Waals surface area contributed by atoms with Crippen LogP contribution in [0.4, 0.5) is 0 Å². The lowest BCUT2D eigenvalue weighted by Gasteiger charge is -2.13. The number of ketones is 1. The molecule has 0 fully saturated rings. The molecule has 2 atom stereocenters. The van der Waals surface area contributed by atoms with Gasteiger partial charge in [0, 0.05) is 24.5 Å². The van der Waals surface area contributed by atoms with E-state index in [2.05, 4.69) is 23.4 Å². The Hall–Kier alpha value is -2.64. The molecule has 0 aliphatic heterocycles. The summed E-state index contributed by atoms with van der Waals surface area (Å²) in [5.41, 5.74) is 1.59. The molecule has 140 valence electrons. The number of hydrogen-bond acceptors (Lipinski definition) is 4. The van der Waals surface area contributed by atoms with Crippen LogP contribution in [0.25, 0.3) is 16.9 Å². The van der Waals surface area contributed by atoms with Crippen molar-refractivity contribution in [2.75, 3.05) is 0 Å². The number of rotatable bonds is 4. The second-order valence-corrected chi connectivity index (χ2v) is 7.02. The molecule has 26 heavy (non-hydrogen) atoms. The van der Waals surface area contributed by atoms with E-state index in [0.29, 0.717) is 16.9 Å². The number of fused-ring (bicyclic) bond motifs is 3. The molecule has 0 saturated carbocycles. The monoisotopic (exact) mass is 359 g/mol. The van der Waals surface area contributed by atoms with Crippen LogP contribution in [0, 0.1) is 13.8 Å². The van der Waals surface area contributed by atoms with Crippen LogP contribution in [0.5, 0.6) is 0 Å². The molecule has 2 unspecified atom stereocenters. The maximum absolute atomic E-state index is 13.2.